The summed E-state index contributed by atoms with van der Waals surface area (Å²) in [6.45, 7) is 2.37. The van der Waals surface area contributed by atoms with Gasteiger partial charge in [-0.1, -0.05) is 6.92 Å². The number of carbonyl (C=O) groups excluding carboxylic acids is 1. The van der Waals surface area contributed by atoms with E-state index in [9.17, 15) is 4.79 Å². The normalized spacial score (nSPS) is 9.92. The van der Waals surface area contributed by atoms with Crippen LogP contribution >= 0.6 is 15.9 Å². The molecule has 0 N–H and O–H groups in total. The van der Waals surface area contributed by atoms with Crippen molar-refractivity contribution in [2.75, 3.05) is 0 Å². The molecule has 0 unspecified atom stereocenters. The third kappa shape index (κ3) is 1.50. The molecule has 0 fully saturated rings. The smallest absolute Gasteiger partial charge is 0.299 e. The van der Waals surface area contributed by atoms with Crippen LogP contribution in [0.15, 0.2) is 4.47 Å². The molecule has 1 aromatic rings. The van der Waals surface area contributed by atoms with Gasteiger partial charge in [0.15, 0.2) is 0 Å². The molecule has 66 valence electrons. The van der Waals surface area contributed by atoms with Crippen molar-refractivity contribution < 1.29 is 9.53 Å². The summed E-state index contributed by atoms with van der Waals surface area (Å²) in [5.74, 6) is 0.446. The van der Waals surface area contributed by atoms with Crippen molar-refractivity contribution in [1.29, 1.82) is 0 Å². The Kier molecular flexibility index (Phi) is 2.86. The maximum Gasteiger partial charge on any atom is 0.299 e. The van der Waals surface area contributed by atoms with Crippen LogP contribution in [0.3, 0.4) is 0 Å². The number of ether oxygens (including phenoxy) is 1. The van der Waals surface area contributed by atoms with Crippen molar-refractivity contribution in [2.24, 2.45) is 7.05 Å². The second-order valence-corrected chi connectivity index (χ2v) is 3.05. The van der Waals surface area contributed by atoms with Crippen LogP contribution in [0.2, 0.25) is 0 Å². The van der Waals surface area contributed by atoms with Crippen LogP contribution in [0, 0.1) is 0 Å². The number of hydrogen-bond donors (Lipinski definition) is 0. The number of halogens is 1. The molecule has 0 aliphatic rings. The summed E-state index contributed by atoms with van der Waals surface area (Å²) in [6.07, 6.45) is 0.802. The lowest BCUT2D eigenvalue weighted by Gasteiger charge is -1.96. The number of rotatable bonds is 3. The van der Waals surface area contributed by atoms with E-state index < -0.39 is 0 Å². The highest BCUT2D eigenvalue weighted by Gasteiger charge is 2.12. The van der Waals surface area contributed by atoms with Gasteiger partial charge in [0.1, 0.15) is 4.47 Å². The topological polar surface area (TPSA) is 44.1 Å². The van der Waals surface area contributed by atoms with Gasteiger partial charge >= 0.3 is 0 Å². The number of aryl methyl sites for hydroxylation is 2. The Bertz CT molecular complexity index is 296. The van der Waals surface area contributed by atoms with Crippen molar-refractivity contribution in [2.45, 2.75) is 13.3 Å². The van der Waals surface area contributed by atoms with Crippen LogP contribution in [0.25, 0.3) is 0 Å². The van der Waals surface area contributed by atoms with Gasteiger partial charge in [-0.3, -0.25) is 4.79 Å². The first-order valence-corrected chi connectivity index (χ1v) is 4.31. The molecule has 0 aromatic carbocycles. The highest BCUT2D eigenvalue weighted by molar-refractivity contribution is 9.10. The van der Waals surface area contributed by atoms with Gasteiger partial charge in [0, 0.05) is 7.05 Å². The third-order valence-electron chi connectivity index (χ3n) is 1.50. The molecular formula is C7H9BrN2O2. The molecule has 1 rings (SSSR count). The molecule has 0 atom stereocenters. The lowest BCUT2D eigenvalue weighted by atomic mass is 10.3. The van der Waals surface area contributed by atoms with Crippen molar-refractivity contribution in [3.8, 4) is 5.88 Å². The average Bonchev–Trinajstić information content (AvgIpc) is 2.32. The van der Waals surface area contributed by atoms with E-state index in [4.69, 9.17) is 4.74 Å². The fourth-order valence-corrected chi connectivity index (χ4v) is 1.65. The van der Waals surface area contributed by atoms with E-state index in [2.05, 4.69) is 21.0 Å². The fourth-order valence-electron chi connectivity index (χ4n) is 0.935. The molecule has 1 heterocycles. The van der Waals surface area contributed by atoms with Crippen LogP contribution in [0.1, 0.15) is 12.6 Å². The molecule has 0 bridgehead atoms. The van der Waals surface area contributed by atoms with Crippen LogP contribution in [-0.2, 0) is 18.3 Å². The number of hydrogen-bond acceptors (Lipinski definition) is 3. The molecule has 0 spiro atoms. The third-order valence-corrected chi connectivity index (χ3v) is 2.30. The highest BCUT2D eigenvalue weighted by atomic mass is 79.9. The summed E-state index contributed by atoms with van der Waals surface area (Å²) in [7, 11) is 1.72. The first-order valence-electron chi connectivity index (χ1n) is 3.52. The summed E-state index contributed by atoms with van der Waals surface area (Å²) in [5.41, 5.74) is 0.884. The monoisotopic (exact) mass is 232 g/mol. The van der Waals surface area contributed by atoms with Gasteiger partial charge in [0.2, 0.25) is 5.88 Å². The van der Waals surface area contributed by atoms with Gasteiger partial charge in [0.05, 0.1) is 5.69 Å². The van der Waals surface area contributed by atoms with E-state index in [1.807, 2.05) is 6.92 Å². The van der Waals surface area contributed by atoms with E-state index >= 15 is 0 Å². The van der Waals surface area contributed by atoms with Crippen molar-refractivity contribution >= 4 is 22.4 Å². The van der Waals surface area contributed by atoms with Gasteiger partial charge in [-0.25, -0.2) is 4.68 Å². The zero-order chi connectivity index (χ0) is 9.14. The lowest BCUT2D eigenvalue weighted by Crippen LogP contribution is -1.97. The van der Waals surface area contributed by atoms with Gasteiger partial charge < -0.3 is 4.74 Å². The van der Waals surface area contributed by atoms with E-state index in [0.717, 1.165) is 16.6 Å². The van der Waals surface area contributed by atoms with E-state index in [0.29, 0.717) is 12.4 Å². The van der Waals surface area contributed by atoms with Gasteiger partial charge in [-0.2, -0.15) is 5.10 Å². The average molecular weight is 233 g/mol. The maximum absolute atomic E-state index is 10.1. The van der Waals surface area contributed by atoms with Crippen LogP contribution in [0.4, 0.5) is 0 Å². The zero-order valence-electron chi connectivity index (χ0n) is 6.87. The minimum absolute atomic E-state index is 0.390. The standard InChI is InChI=1S/C7H9BrN2O2/c1-3-5-6(8)7(12-4-11)10(2)9-5/h4H,3H2,1-2H3. The number of carbonyl (C=O) groups is 1. The molecule has 12 heavy (non-hydrogen) atoms. The van der Waals surface area contributed by atoms with Crippen LogP contribution in [-0.4, -0.2) is 16.3 Å². The quantitative estimate of drug-likeness (QED) is 0.738. The fraction of sp³-hybridized carbons (Fsp3) is 0.429. The van der Waals surface area contributed by atoms with Crippen LogP contribution < -0.4 is 4.74 Å². The molecule has 1 aromatic heterocycles. The first-order chi connectivity index (χ1) is 5.70. The van der Waals surface area contributed by atoms with E-state index in [-0.39, 0.29) is 0 Å². The Hall–Kier alpha value is -0.840. The Morgan fingerprint density at radius 1 is 1.75 bits per heavy atom. The van der Waals surface area contributed by atoms with Gasteiger partial charge in [-0.05, 0) is 22.4 Å². The maximum atomic E-state index is 10.1. The van der Waals surface area contributed by atoms with Crippen LogP contribution in [0.5, 0.6) is 5.88 Å². The number of nitrogens with zero attached hydrogens (tertiary/aromatic N) is 2. The summed E-state index contributed by atoms with van der Waals surface area (Å²) in [4.78, 5) is 10.1. The summed E-state index contributed by atoms with van der Waals surface area (Å²) in [5, 5.41) is 4.13. The highest BCUT2D eigenvalue weighted by Crippen LogP contribution is 2.27. The Morgan fingerprint density at radius 2 is 2.42 bits per heavy atom. The second kappa shape index (κ2) is 3.71. The first kappa shape index (κ1) is 9.25. The summed E-state index contributed by atoms with van der Waals surface area (Å²) < 4.78 is 7.00. The molecule has 0 aliphatic carbocycles. The summed E-state index contributed by atoms with van der Waals surface area (Å²) in [6, 6.07) is 0. The van der Waals surface area contributed by atoms with E-state index in [1.165, 1.54) is 4.68 Å². The molecular weight excluding hydrogens is 224 g/mol. The van der Waals surface area contributed by atoms with E-state index in [1.54, 1.807) is 7.05 Å². The molecule has 0 amide bonds. The van der Waals surface area contributed by atoms with Gasteiger partial charge in [-0.15, -0.1) is 0 Å². The predicted molar refractivity (Wildman–Crippen MR) is 47.0 cm³/mol. The Morgan fingerprint density at radius 3 is 2.83 bits per heavy atom. The van der Waals surface area contributed by atoms with Crippen molar-refractivity contribution in [3.63, 3.8) is 0 Å². The zero-order valence-corrected chi connectivity index (χ0v) is 8.46. The lowest BCUT2D eigenvalue weighted by molar-refractivity contribution is -0.121. The second-order valence-electron chi connectivity index (χ2n) is 2.26. The van der Waals surface area contributed by atoms with Gasteiger partial charge in [0.25, 0.3) is 6.47 Å². The minimum Gasteiger partial charge on any atom is -0.409 e. The largest absolute Gasteiger partial charge is 0.409 e. The Balaban J connectivity index is 3.09. The predicted octanol–water partition coefficient (Wildman–Crippen LogP) is 1.28. The minimum atomic E-state index is 0.390. The van der Waals surface area contributed by atoms with Crippen molar-refractivity contribution in [3.05, 3.63) is 10.2 Å². The molecule has 0 radical (unpaired) electrons. The molecule has 0 saturated carbocycles. The molecule has 4 nitrogen and oxygen atoms in total. The number of aromatic nitrogens is 2. The molecule has 0 saturated heterocycles. The Labute approximate surface area is 78.6 Å². The van der Waals surface area contributed by atoms with Crippen molar-refractivity contribution in [1.82, 2.24) is 9.78 Å². The molecule has 5 heteroatoms. The SMILES string of the molecule is CCc1nn(C)c(OC=O)c1Br. The summed E-state index contributed by atoms with van der Waals surface area (Å²) >= 11 is 3.30. The molecule has 0 aliphatic heterocycles.